The van der Waals surface area contributed by atoms with Crippen molar-refractivity contribution in [3.8, 4) is 45.1 Å². The molecule has 0 radical (unpaired) electrons. The van der Waals surface area contributed by atoms with E-state index >= 15 is 0 Å². The van der Waals surface area contributed by atoms with Crippen LogP contribution in [-0.2, 0) is 5.41 Å². The molecular weight excluding hydrogens is 657 g/mol. The fourth-order valence-electron chi connectivity index (χ4n) is 8.70. The highest BCUT2D eigenvalue weighted by Gasteiger charge is 2.39. The molecule has 3 heterocycles. The van der Waals surface area contributed by atoms with Crippen molar-refractivity contribution in [2.45, 2.75) is 26.2 Å². The summed E-state index contributed by atoms with van der Waals surface area (Å²) in [5, 5.41) is 3.62. The van der Waals surface area contributed by atoms with E-state index in [0.717, 1.165) is 62.1 Å². The zero-order valence-corrected chi connectivity index (χ0v) is 30.6. The Kier molecular flexibility index (Phi) is 7.18. The molecule has 0 atom stereocenters. The van der Waals surface area contributed by atoms with Crippen LogP contribution in [0.5, 0.6) is 0 Å². The molecular formula is C50H38N4. The van der Waals surface area contributed by atoms with E-state index in [0.29, 0.717) is 0 Å². The van der Waals surface area contributed by atoms with E-state index in [1.165, 1.54) is 38.3 Å². The van der Waals surface area contributed by atoms with Gasteiger partial charge in [-0.05, 0) is 66.6 Å². The average Bonchev–Trinajstić information content (AvgIpc) is 3.79. The number of hydrogen-bond donors (Lipinski definition) is 0. The Morgan fingerprint density at radius 2 is 1.24 bits per heavy atom. The van der Waals surface area contributed by atoms with Crippen molar-refractivity contribution in [3.05, 3.63) is 181 Å². The number of rotatable bonds is 6. The van der Waals surface area contributed by atoms with Crippen LogP contribution in [0.2, 0.25) is 0 Å². The van der Waals surface area contributed by atoms with Gasteiger partial charge in [-0.1, -0.05) is 136 Å². The molecule has 6 aromatic carbocycles. The second-order valence-electron chi connectivity index (χ2n) is 14.6. The van der Waals surface area contributed by atoms with Gasteiger partial charge in [-0.25, -0.2) is 9.97 Å². The van der Waals surface area contributed by atoms with Crippen LogP contribution in [0.25, 0.3) is 90.0 Å². The monoisotopic (exact) mass is 694 g/mol. The van der Waals surface area contributed by atoms with E-state index in [9.17, 15) is 0 Å². The second-order valence-corrected chi connectivity index (χ2v) is 14.6. The molecule has 0 saturated carbocycles. The molecule has 1 aliphatic carbocycles. The molecule has 54 heavy (non-hydrogen) atoms. The summed E-state index contributed by atoms with van der Waals surface area (Å²) in [7, 11) is 0. The average molecular weight is 695 g/mol. The highest BCUT2D eigenvalue weighted by Crippen LogP contribution is 2.51. The Labute approximate surface area is 315 Å². The lowest BCUT2D eigenvalue weighted by molar-refractivity contribution is 0.636. The molecule has 0 aliphatic heterocycles. The van der Waals surface area contributed by atoms with Crippen LogP contribution in [-0.4, -0.2) is 19.1 Å². The number of allylic oxidation sites excluding steroid dienone is 1. The molecule has 0 fully saturated rings. The summed E-state index contributed by atoms with van der Waals surface area (Å²) >= 11 is 0. The number of aromatic nitrogens is 4. The van der Waals surface area contributed by atoms with Gasteiger partial charge in [-0.2, -0.15) is 0 Å². The van der Waals surface area contributed by atoms with Crippen molar-refractivity contribution < 1.29 is 0 Å². The largest absolute Gasteiger partial charge is 0.309 e. The third-order valence-corrected chi connectivity index (χ3v) is 11.2. The first-order valence-corrected chi connectivity index (χ1v) is 18.6. The number of para-hydroxylation sites is 2. The predicted octanol–water partition coefficient (Wildman–Crippen LogP) is 12.8. The van der Waals surface area contributed by atoms with Crippen LogP contribution in [0, 0.1) is 0 Å². The van der Waals surface area contributed by atoms with Gasteiger partial charge in [0.15, 0.2) is 5.82 Å². The lowest BCUT2D eigenvalue weighted by Gasteiger charge is -2.21. The molecule has 0 spiro atoms. The maximum Gasteiger partial charge on any atom is 0.160 e. The molecule has 0 unspecified atom stereocenters. The normalized spacial score (nSPS) is 13.2. The Bertz CT molecular complexity index is 2960. The van der Waals surface area contributed by atoms with Crippen LogP contribution in [0.15, 0.2) is 158 Å². The van der Waals surface area contributed by atoms with Crippen molar-refractivity contribution in [1.82, 2.24) is 19.1 Å². The molecule has 258 valence electrons. The summed E-state index contributed by atoms with van der Waals surface area (Å²) in [6, 6.07) is 52.0. The number of fused-ring (bicyclic) bond motifs is 7. The lowest BCUT2D eigenvalue weighted by Crippen LogP contribution is -2.17. The summed E-state index contributed by atoms with van der Waals surface area (Å²) < 4.78 is 4.74. The molecule has 0 N–H and O–H groups in total. The molecule has 10 rings (SSSR count). The zero-order chi connectivity index (χ0) is 36.6. The number of nitrogens with zero attached hydrogens (tertiary/aromatic N) is 4. The Hall–Kier alpha value is -6.78. The van der Waals surface area contributed by atoms with Crippen molar-refractivity contribution in [3.63, 3.8) is 0 Å². The Balaban J connectivity index is 1.20. The van der Waals surface area contributed by atoms with E-state index in [4.69, 9.17) is 9.97 Å². The van der Waals surface area contributed by atoms with Gasteiger partial charge in [-0.3, -0.25) is 0 Å². The summed E-state index contributed by atoms with van der Waals surface area (Å²) in [4.78, 5) is 10.6. The molecule has 4 heteroatoms. The topological polar surface area (TPSA) is 35.6 Å². The maximum atomic E-state index is 5.31. The summed E-state index contributed by atoms with van der Waals surface area (Å²) in [6.45, 7) is 11.0. The van der Waals surface area contributed by atoms with Crippen molar-refractivity contribution in [2.75, 3.05) is 0 Å². The first-order valence-electron chi connectivity index (χ1n) is 18.6. The molecule has 0 saturated heterocycles. The minimum absolute atomic E-state index is 0.256. The highest BCUT2D eigenvalue weighted by molar-refractivity contribution is 6.15. The third kappa shape index (κ3) is 4.63. The summed E-state index contributed by atoms with van der Waals surface area (Å²) in [5.74, 6) is 0.745. The van der Waals surface area contributed by atoms with E-state index in [-0.39, 0.29) is 5.41 Å². The van der Waals surface area contributed by atoms with Crippen molar-refractivity contribution in [2.24, 2.45) is 0 Å². The van der Waals surface area contributed by atoms with Gasteiger partial charge in [0.05, 0.1) is 33.6 Å². The summed E-state index contributed by atoms with van der Waals surface area (Å²) in [5.41, 5.74) is 15.4. The van der Waals surface area contributed by atoms with Gasteiger partial charge < -0.3 is 9.13 Å². The van der Waals surface area contributed by atoms with Gasteiger partial charge in [0.1, 0.15) is 0 Å². The van der Waals surface area contributed by atoms with Gasteiger partial charge >= 0.3 is 0 Å². The van der Waals surface area contributed by atoms with Gasteiger partial charge in [-0.15, -0.1) is 0 Å². The smallest absolute Gasteiger partial charge is 0.160 e. The SMILES string of the molecule is C=Cc1c(/C=C\C)c2cc3c(cc2n1-c1ccc(-c2nc(-c4ccccc4)nc4c2-c2ccccc2C4(C)C)cc1)c1ccccc1n3-c1ccccc1. The molecule has 1 aliphatic rings. The molecule has 9 aromatic rings. The quantitative estimate of drug-likeness (QED) is 0.174. The number of hydrogen-bond acceptors (Lipinski definition) is 2. The second kappa shape index (κ2) is 12.1. The van der Waals surface area contributed by atoms with Gasteiger partial charge in [0.2, 0.25) is 0 Å². The van der Waals surface area contributed by atoms with Gasteiger partial charge in [0, 0.05) is 55.2 Å². The van der Waals surface area contributed by atoms with E-state index < -0.39 is 0 Å². The van der Waals surface area contributed by atoms with Crippen molar-refractivity contribution in [1.29, 1.82) is 0 Å². The molecule has 3 aromatic heterocycles. The van der Waals surface area contributed by atoms with Crippen molar-refractivity contribution >= 4 is 44.9 Å². The van der Waals surface area contributed by atoms with Gasteiger partial charge in [0.25, 0.3) is 0 Å². The standard InChI is InChI=1S/C50H38N4/c1-5-17-36-39-30-45-40(37-22-14-16-25-43(37)54(45)34-20-11-8-12-21-34)31-44(39)53(42(36)6-2)35-28-26-32(27-29-35)47-46-38-23-13-15-24-41(38)50(3,4)48(46)52-49(51-47)33-18-9-7-10-19-33/h5-31H,2H2,1,3-4H3/b17-5-. The zero-order valence-electron chi connectivity index (χ0n) is 30.6. The number of benzene rings is 6. The third-order valence-electron chi connectivity index (χ3n) is 11.2. The Morgan fingerprint density at radius 1 is 0.593 bits per heavy atom. The van der Waals surface area contributed by atoms with Crippen LogP contribution in [0.3, 0.4) is 0 Å². The molecule has 4 nitrogen and oxygen atoms in total. The fraction of sp³-hybridized carbons (Fsp3) is 0.0800. The summed E-state index contributed by atoms with van der Waals surface area (Å²) in [6.07, 6.45) is 6.31. The van der Waals surface area contributed by atoms with E-state index in [1.807, 2.05) is 24.3 Å². The Morgan fingerprint density at radius 3 is 2.00 bits per heavy atom. The molecule has 0 bridgehead atoms. The minimum atomic E-state index is -0.256. The van der Waals surface area contributed by atoms with E-state index in [2.05, 4.69) is 176 Å². The molecule has 0 amide bonds. The van der Waals surface area contributed by atoms with Crippen LogP contribution in [0.1, 0.15) is 43.3 Å². The fourth-order valence-corrected chi connectivity index (χ4v) is 8.70. The first kappa shape index (κ1) is 31.9. The lowest BCUT2D eigenvalue weighted by atomic mass is 9.85. The maximum absolute atomic E-state index is 5.31. The first-order chi connectivity index (χ1) is 26.5. The van der Waals surface area contributed by atoms with E-state index in [1.54, 1.807) is 0 Å². The minimum Gasteiger partial charge on any atom is -0.309 e. The van der Waals surface area contributed by atoms with Crippen LogP contribution in [0.4, 0.5) is 0 Å². The highest BCUT2D eigenvalue weighted by atomic mass is 15.0. The van der Waals surface area contributed by atoms with Crippen LogP contribution < -0.4 is 0 Å². The predicted molar refractivity (Wildman–Crippen MR) is 226 cm³/mol. The van der Waals surface area contributed by atoms with Crippen LogP contribution >= 0.6 is 0 Å².